The second-order valence-corrected chi connectivity index (χ2v) is 6.93. The average molecular weight is 247 g/mol. The third kappa shape index (κ3) is 12.2. The Labute approximate surface area is 104 Å². The maximum Gasteiger partial charge on any atom is 0.0478 e. The maximum atomic E-state index is 5.59. The van der Waals surface area contributed by atoms with E-state index in [0.29, 0.717) is 10.5 Å². The SMILES string of the molecule is C=S(C)CCCOCCCN(C)CC(C)C. The van der Waals surface area contributed by atoms with Gasteiger partial charge in [-0.1, -0.05) is 19.7 Å². The molecule has 16 heavy (non-hydrogen) atoms. The van der Waals surface area contributed by atoms with E-state index in [9.17, 15) is 0 Å². The molecule has 0 fully saturated rings. The van der Waals surface area contributed by atoms with Gasteiger partial charge in [0.05, 0.1) is 0 Å². The largest absolute Gasteiger partial charge is 0.381 e. The van der Waals surface area contributed by atoms with Gasteiger partial charge in [-0.25, -0.2) is 0 Å². The zero-order valence-electron chi connectivity index (χ0n) is 11.5. The van der Waals surface area contributed by atoms with E-state index in [1.165, 1.54) is 12.3 Å². The van der Waals surface area contributed by atoms with Crippen molar-refractivity contribution in [1.29, 1.82) is 0 Å². The number of hydrogen-bond donors (Lipinski definition) is 0. The van der Waals surface area contributed by atoms with E-state index >= 15 is 0 Å². The van der Waals surface area contributed by atoms with Crippen molar-refractivity contribution in [2.24, 2.45) is 5.92 Å². The Morgan fingerprint density at radius 2 is 1.88 bits per heavy atom. The molecular weight excluding hydrogens is 218 g/mol. The maximum absolute atomic E-state index is 5.59. The van der Waals surface area contributed by atoms with Crippen molar-refractivity contribution < 1.29 is 4.74 Å². The van der Waals surface area contributed by atoms with Gasteiger partial charge >= 0.3 is 0 Å². The lowest BCUT2D eigenvalue weighted by Gasteiger charge is -2.18. The standard InChI is InChI=1S/C13H29NOS/c1-13(2)12-14(3)8-6-9-15-10-7-11-16(4)5/h13H,4,6-12H2,1-3,5H3. The Bertz CT molecular complexity index is 183. The van der Waals surface area contributed by atoms with Crippen LogP contribution in [0.25, 0.3) is 0 Å². The van der Waals surface area contributed by atoms with Gasteiger partial charge in [0.2, 0.25) is 0 Å². The fraction of sp³-hybridized carbons (Fsp3) is 0.923. The summed E-state index contributed by atoms with van der Waals surface area (Å²) >= 11 is 0. The van der Waals surface area contributed by atoms with Gasteiger partial charge in [-0.2, -0.15) is 10.5 Å². The van der Waals surface area contributed by atoms with Crippen molar-refractivity contribution in [2.45, 2.75) is 26.7 Å². The van der Waals surface area contributed by atoms with Crippen molar-refractivity contribution in [3.05, 3.63) is 0 Å². The molecule has 0 aromatic rings. The molecule has 0 bridgehead atoms. The molecule has 0 spiro atoms. The molecule has 2 nitrogen and oxygen atoms in total. The minimum atomic E-state index is 0.325. The first kappa shape index (κ1) is 16.1. The molecule has 0 heterocycles. The molecule has 0 amide bonds. The summed E-state index contributed by atoms with van der Waals surface area (Å²) in [6.07, 6.45) is 4.48. The third-order valence-corrected chi connectivity index (χ3v) is 3.27. The van der Waals surface area contributed by atoms with Gasteiger partial charge in [-0.05, 0) is 37.8 Å². The molecule has 0 saturated heterocycles. The third-order valence-electron chi connectivity index (χ3n) is 2.29. The van der Waals surface area contributed by atoms with Crippen molar-refractivity contribution in [3.8, 4) is 0 Å². The van der Waals surface area contributed by atoms with Crippen LogP contribution in [0.4, 0.5) is 0 Å². The van der Waals surface area contributed by atoms with Crippen LogP contribution in [-0.4, -0.2) is 56.1 Å². The molecule has 0 aromatic carbocycles. The Morgan fingerprint density at radius 1 is 1.25 bits per heavy atom. The summed E-state index contributed by atoms with van der Waals surface area (Å²) in [6.45, 7) is 8.64. The summed E-state index contributed by atoms with van der Waals surface area (Å²) in [5.41, 5.74) is 0. The molecule has 0 aliphatic heterocycles. The van der Waals surface area contributed by atoms with Gasteiger partial charge < -0.3 is 9.64 Å². The van der Waals surface area contributed by atoms with Crippen LogP contribution in [0, 0.1) is 5.92 Å². The molecule has 0 aliphatic carbocycles. The minimum Gasteiger partial charge on any atom is -0.381 e. The van der Waals surface area contributed by atoms with E-state index in [1.807, 2.05) is 0 Å². The fourth-order valence-corrected chi connectivity index (χ4v) is 2.27. The van der Waals surface area contributed by atoms with Gasteiger partial charge in [0.25, 0.3) is 0 Å². The van der Waals surface area contributed by atoms with Crippen LogP contribution >= 0.6 is 10.5 Å². The van der Waals surface area contributed by atoms with Crippen LogP contribution < -0.4 is 0 Å². The fourth-order valence-electron chi connectivity index (χ4n) is 1.66. The van der Waals surface area contributed by atoms with Crippen molar-refractivity contribution >= 4 is 16.4 Å². The molecule has 98 valence electrons. The highest BCUT2D eigenvalue weighted by atomic mass is 32.2. The lowest BCUT2D eigenvalue weighted by molar-refractivity contribution is 0.123. The smallest absolute Gasteiger partial charge is 0.0478 e. The van der Waals surface area contributed by atoms with E-state index in [4.69, 9.17) is 4.74 Å². The van der Waals surface area contributed by atoms with Crippen LogP contribution in [0.15, 0.2) is 0 Å². The molecule has 0 N–H and O–H groups in total. The second-order valence-electron chi connectivity index (χ2n) is 4.96. The first-order chi connectivity index (χ1) is 7.52. The van der Waals surface area contributed by atoms with Crippen LogP contribution in [0.3, 0.4) is 0 Å². The molecule has 0 rings (SSSR count). The van der Waals surface area contributed by atoms with Crippen LogP contribution in [0.5, 0.6) is 0 Å². The Hall–Kier alpha value is 0.140. The predicted molar refractivity (Wildman–Crippen MR) is 77.9 cm³/mol. The Morgan fingerprint density at radius 3 is 2.44 bits per heavy atom. The highest BCUT2D eigenvalue weighted by molar-refractivity contribution is 8.13. The Kier molecular flexibility index (Phi) is 10.4. The normalized spacial score (nSPS) is 13.6. The summed E-state index contributed by atoms with van der Waals surface area (Å²) in [5.74, 6) is 5.95. The molecule has 1 unspecified atom stereocenters. The van der Waals surface area contributed by atoms with Gasteiger partial charge in [-0.15, -0.1) is 0 Å². The zero-order valence-corrected chi connectivity index (χ0v) is 12.3. The number of nitrogens with zero attached hydrogens (tertiary/aromatic N) is 1. The van der Waals surface area contributed by atoms with E-state index in [2.05, 4.69) is 37.9 Å². The first-order valence-corrected chi connectivity index (χ1v) is 8.18. The van der Waals surface area contributed by atoms with Gasteiger partial charge in [0.1, 0.15) is 0 Å². The lowest BCUT2D eigenvalue weighted by Crippen LogP contribution is -2.25. The highest BCUT2D eigenvalue weighted by Gasteiger charge is 2.00. The zero-order chi connectivity index (χ0) is 12.4. The van der Waals surface area contributed by atoms with E-state index in [1.54, 1.807) is 0 Å². The first-order valence-electron chi connectivity index (χ1n) is 6.21. The summed E-state index contributed by atoms with van der Waals surface area (Å²) in [6, 6.07) is 0. The van der Waals surface area contributed by atoms with Gasteiger partial charge in [0, 0.05) is 26.3 Å². The number of hydrogen-bond acceptors (Lipinski definition) is 2. The van der Waals surface area contributed by atoms with Gasteiger partial charge in [-0.3, -0.25) is 0 Å². The molecule has 0 saturated carbocycles. The van der Waals surface area contributed by atoms with Crippen molar-refractivity contribution in [1.82, 2.24) is 4.90 Å². The van der Waals surface area contributed by atoms with Crippen LogP contribution in [-0.2, 0) is 4.74 Å². The quantitative estimate of drug-likeness (QED) is 0.435. The van der Waals surface area contributed by atoms with E-state index in [0.717, 1.165) is 38.5 Å². The van der Waals surface area contributed by atoms with Crippen LogP contribution in [0.1, 0.15) is 26.7 Å². The molecule has 0 aliphatic rings. The summed E-state index contributed by atoms with van der Waals surface area (Å²) < 4.78 is 5.59. The lowest BCUT2D eigenvalue weighted by atomic mass is 10.2. The van der Waals surface area contributed by atoms with E-state index < -0.39 is 0 Å². The number of ether oxygens (including phenoxy) is 1. The molecular formula is C13H29NOS. The predicted octanol–water partition coefficient (Wildman–Crippen LogP) is 2.70. The molecule has 3 heteroatoms. The monoisotopic (exact) mass is 247 g/mol. The minimum absolute atomic E-state index is 0.325. The highest BCUT2D eigenvalue weighted by Crippen LogP contribution is 2.03. The topological polar surface area (TPSA) is 12.5 Å². The van der Waals surface area contributed by atoms with E-state index in [-0.39, 0.29) is 0 Å². The summed E-state index contributed by atoms with van der Waals surface area (Å²) in [7, 11) is 2.51. The summed E-state index contributed by atoms with van der Waals surface area (Å²) in [5, 5.41) is 0. The molecule has 0 radical (unpaired) electrons. The molecule has 0 aromatic heterocycles. The van der Waals surface area contributed by atoms with Crippen molar-refractivity contribution in [3.63, 3.8) is 0 Å². The summed E-state index contributed by atoms with van der Waals surface area (Å²) in [4.78, 5) is 2.38. The van der Waals surface area contributed by atoms with Crippen molar-refractivity contribution in [2.75, 3.05) is 45.4 Å². The van der Waals surface area contributed by atoms with Crippen LogP contribution in [0.2, 0.25) is 0 Å². The number of rotatable bonds is 10. The average Bonchev–Trinajstić information content (AvgIpc) is 2.14. The Balaban J connectivity index is 3.17. The second kappa shape index (κ2) is 10.3. The molecule has 1 atom stereocenters. The van der Waals surface area contributed by atoms with Gasteiger partial charge in [0.15, 0.2) is 0 Å².